The summed E-state index contributed by atoms with van der Waals surface area (Å²) < 4.78 is 0.991. The number of piperidine rings is 1. The number of rotatable bonds is 5. The number of imide groups is 1. The Balaban J connectivity index is 1.41. The van der Waals surface area contributed by atoms with Crippen LogP contribution in [0.25, 0.3) is 11.3 Å². The van der Waals surface area contributed by atoms with Crippen molar-refractivity contribution in [3.63, 3.8) is 0 Å². The minimum absolute atomic E-state index is 0.0625. The molecule has 2 aromatic rings. The molecule has 2 atom stereocenters. The lowest BCUT2D eigenvalue weighted by atomic mass is 9.62. The number of nitrogens with one attached hydrogen (secondary N) is 1. The van der Waals surface area contributed by atoms with Gasteiger partial charge in [0.1, 0.15) is 0 Å². The average molecular weight is 504 g/mol. The second-order valence-electron chi connectivity index (χ2n) is 9.17. The van der Waals surface area contributed by atoms with Crippen LogP contribution in [0.15, 0.2) is 28.7 Å². The first-order valence-electron chi connectivity index (χ1n) is 10.4. The van der Waals surface area contributed by atoms with Crippen molar-refractivity contribution < 1.29 is 14.4 Å². The molecular formula is C23H26BrN3O3S. The molecule has 1 saturated heterocycles. The highest BCUT2D eigenvalue weighted by Gasteiger charge is 2.64. The smallest absolute Gasteiger partial charge is 0.235 e. The van der Waals surface area contributed by atoms with Crippen molar-refractivity contribution in [1.29, 1.82) is 0 Å². The van der Waals surface area contributed by atoms with Gasteiger partial charge in [0.25, 0.3) is 0 Å². The Morgan fingerprint density at radius 2 is 1.94 bits per heavy atom. The van der Waals surface area contributed by atoms with E-state index in [-0.39, 0.29) is 42.0 Å². The molecule has 2 aliphatic rings. The Kier molecular flexibility index (Phi) is 5.58. The quantitative estimate of drug-likeness (QED) is 0.580. The summed E-state index contributed by atoms with van der Waals surface area (Å²) in [6.45, 7) is 8.05. The first-order chi connectivity index (χ1) is 14.5. The number of carbonyl (C=O) groups excluding carboxylic acids is 3. The highest BCUT2D eigenvalue weighted by atomic mass is 79.9. The van der Waals surface area contributed by atoms with Crippen LogP contribution in [0.5, 0.6) is 0 Å². The fourth-order valence-electron chi connectivity index (χ4n) is 4.83. The molecule has 3 amide bonds. The number of fused-ring (bicyclic) bond motifs is 2. The van der Waals surface area contributed by atoms with E-state index in [0.29, 0.717) is 5.13 Å². The molecule has 1 N–H and O–H groups in total. The Hall–Kier alpha value is -2.06. The number of nitrogens with zero attached hydrogens (tertiary/aromatic N) is 2. The lowest BCUT2D eigenvalue weighted by Gasteiger charge is -2.47. The van der Waals surface area contributed by atoms with Crippen LogP contribution in [-0.2, 0) is 14.4 Å². The molecule has 6 nitrogen and oxygen atoms in total. The molecule has 2 fully saturated rings. The fraction of sp³-hybridized carbons (Fsp3) is 0.478. The molecule has 1 aliphatic heterocycles. The number of amides is 3. The third kappa shape index (κ3) is 3.63. The van der Waals surface area contributed by atoms with Crippen LogP contribution in [0.4, 0.5) is 5.13 Å². The molecule has 164 valence electrons. The molecule has 2 unspecified atom stereocenters. The zero-order valence-corrected chi connectivity index (χ0v) is 20.5. The monoisotopic (exact) mass is 503 g/mol. The Bertz CT molecular complexity index is 1060. The van der Waals surface area contributed by atoms with Gasteiger partial charge in [-0.2, -0.15) is 0 Å². The third-order valence-corrected chi connectivity index (χ3v) is 8.65. The van der Waals surface area contributed by atoms with Gasteiger partial charge in [-0.15, -0.1) is 11.3 Å². The van der Waals surface area contributed by atoms with Crippen LogP contribution in [-0.4, -0.2) is 34.2 Å². The molecule has 4 rings (SSSR count). The molecule has 1 aromatic heterocycles. The number of thiazole rings is 1. The van der Waals surface area contributed by atoms with Crippen LogP contribution < -0.4 is 5.32 Å². The number of hydrogen-bond acceptors (Lipinski definition) is 5. The highest BCUT2D eigenvalue weighted by Crippen LogP contribution is 2.60. The van der Waals surface area contributed by atoms with Crippen LogP contribution in [0.1, 0.15) is 44.9 Å². The van der Waals surface area contributed by atoms with Crippen LogP contribution in [0.3, 0.4) is 0 Å². The van der Waals surface area contributed by atoms with E-state index in [9.17, 15) is 14.4 Å². The minimum Gasteiger partial charge on any atom is -0.302 e. The predicted octanol–water partition coefficient (Wildman–Crippen LogP) is 5.02. The van der Waals surface area contributed by atoms with Gasteiger partial charge in [-0.3, -0.25) is 19.3 Å². The summed E-state index contributed by atoms with van der Waals surface area (Å²) in [5.74, 6) is -0.695. The van der Waals surface area contributed by atoms with E-state index in [1.54, 1.807) is 0 Å². The van der Waals surface area contributed by atoms with Crippen LogP contribution in [0.2, 0.25) is 0 Å². The normalized spacial score (nSPS) is 24.5. The Morgan fingerprint density at radius 1 is 1.26 bits per heavy atom. The molecule has 1 aromatic carbocycles. The standard InChI is InChI=1S/C23H26BrN3O3S/c1-13-18(14-5-7-15(24)8-6-14)26-21(31-13)25-17(28)10-12-27-19(29)16-9-11-23(4,20(27)30)22(16,2)3/h5-8,16H,9-12H2,1-4H3,(H,25,26,28). The van der Waals surface area contributed by atoms with E-state index in [0.717, 1.165) is 33.4 Å². The van der Waals surface area contributed by atoms with E-state index in [2.05, 4.69) is 26.2 Å². The average Bonchev–Trinajstić information content (AvgIpc) is 3.15. The second-order valence-corrected chi connectivity index (χ2v) is 11.3. The lowest BCUT2D eigenvalue weighted by Crippen LogP contribution is -2.59. The Labute approximate surface area is 194 Å². The topological polar surface area (TPSA) is 79.4 Å². The third-order valence-electron chi connectivity index (χ3n) is 7.23. The van der Waals surface area contributed by atoms with Crippen molar-refractivity contribution in [3.8, 4) is 11.3 Å². The van der Waals surface area contributed by atoms with Crippen molar-refractivity contribution in [2.45, 2.75) is 47.0 Å². The largest absolute Gasteiger partial charge is 0.302 e. The fourth-order valence-corrected chi connectivity index (χ4v) is 5.95. The summed E-state index contributed by atoms with van der Waals surface area (Å²) in [6, 6.07) is 7.85. The van der Waals surface area contributed by atoms with Crippen molar-refractivity contribution in [2.75, 3.05) is 11.9 Å². The molecule has 0 radical (unpaired) electrons. The molecule has 2 bridgehead atoms. The van der Waals surface area contributed by atoms with Gasteiger partial charge in [0, 0.05) is 33.8 Å². The maximum absolute atomic E-state index is 13.1. The first kappa shape index (κ1) is 22.1. The number of carbonyl (C=O) groups is 3. The van der Waals surface area contributed by atoms with Gasteiger partial charge < -0.3 is 5.32 Å². The van der Waals surface area contributed by atoms with Gasteiger partial charge in [0.2, 0.25) is 17.7 Å². The Morgan fingerprint density at radius 3 is 2.61 bits per heavy atom. The lowest BCUT2D eigenvalue weighted by molar-refractivity contribution is -0.167. The molecule has 2 heterocycles. The first-order valence-corrected chi connectivity index (χ1v) is 12.0. The summed E-state index contributed by atoms with van der Waals surface area (Å²) in [5, 5.41) is 3.35. The molecule has 1 saturated carbocycles. The summed E-state index contributed by atoms with van der Waals surface area (Å²) in [7, 11) is 0. The maximum atomic E-state index is 13.1. The number of aromatic nitrogens is 1. The van der Waals surface area contributed by atoms with Gasteiger partial charge >= 0.3 is 0 Å². The molecular weight excluding hydrogens is 478 g/mol. The number of hydrogen-bond donors (Lipinski definition) is 1. The second kappa shape index (κ2) is 7.81. The van der Waals surface area contributed by atoms with Gasteiger partial charge in [-0.25, -0.2) is 4.98 Å². The number of anilines is 1. The zero-order valence-electron chi connectivity index (χ0n) is 18.1. The van der Waals surface area contributed by atoms with E-state index in [4.69, 9.17) is 0 Å². The van der Waals surface area contributed by atoms with Crippen LogP contribution in [0, 0.1) is 23.7 Å². The highest BCUT2D eigenvalue weighted by molar-refractivity contribution is 9.10. The summed E-state index contributed by atoms with van der Waals surface area (Å²) in [6.07, 6.45) is 1.51. The van der Waals surface area contributed by atoms with E-state index < -0.39 is 5.41 Å². The number of benzene rings is 1. The van der Waals surface area contributed by atoms with Gasteiger partial charge in [-0.1, -0.05) is 48.8 Å². The summed E-state index contributed by atoms with van der Waals surface area (Å²) in [5.41, 5.74) is 0.921. The van der Waals surface area contributed by atoms with Gasteiger partial charge in [0.15, 0.2) is 5.13 Å². The molecule has 8 heteroatoms. The molecule has 1 aliphatic carbocycles. The summed E-state index contributed by atoms with van der Waals surface area (Å²) >= 11 is 4.84. The SMILES string of the molecule is Cc1sc(NC(=O)CCN2C(=O)C3CCC(C)(C2=O)C3(C)C)nc1-c1ccc(Br)cc1. The predicted molar refractivity (Wildman–Crippen MR) is 125 cm³/mol. The van der Waals surface area contributed by atoms with Crippen molar-refractivity contribution in [3.05, 3.63) is 33.6 Å². The van der Waals surface area contributed by atoms with E-state index in [1.807, 2.05) is 52.0 Å². The van der Waals surface area contributed by atoms with Gasteiger partial charge in [-0.05, 0) is 37.3 Å². The summed E-state index contributed by atoms with van der Waals surface area (Å²) in [4.78, 5) is 45.4. The minimum atomic E-state index is -0.548. The van der Waals surface area contributed by atoms with E-state index in [1.165, 1.54) is 16.2 Å². The van der Waals surface area contributed by atoms with Crippen molar-refractivity contribution in [1.82, 2.24) is 9.88 Å². The van der Waals surface area contributed by atoms with Crippen molar-refractivity contribution >= 4 is 50.1 Å². The zero-order chi connectivity index (χ0) is 22.6. The number of aryl methyl sites for hydroxylation is 1. The number of halogens is 1. The van der Waals surface area contributed by atoms with Gasteiger partial charge in [0.05, 0.1) is 11.1 Å². The van der Waals surface area contributed by atoms with Crippen molar-refractivity contribution in [2.24, 2.45) is 16.7 Å². The van der Waals surface area contributed by atoms with Crippen LogP contribution >= 0.6 is 27.3 Å². The molecule has 0 spiro atoms. The maximum Gasteiger partial charge on any atom is 0.235 e. The molecule has 31 heavy (non-hydrogen) atoms. The number of likely N-dealkylation sites (tertiary alicyclic amines) is 1. The van der Waals surface area contributed by atoms with E-state index >= 15 is 0 Å².